The maximum absolute atomic E-state index is 5.83. The lowest BCUT2D eigenvalue weighted by Crippen LogP contribution is -2.23. The first-order valence-electron chi connectivity index (χ1n) is 7.32. The van der Waals surface area contributed by atoms with Gasteiger partial charge in [0.15, 0.2) is 0 Å². The first kappa shape index (κ1) is 14.5. The highest BCUT2D eigenvalue weighted by Gasteiger charge is 2.19. The van der Waals surface area contributed by atoms with Gasteiger partial charge in [-0.3, -0.25) is 4.68 Å². The molecule has 1 unspecified atom stereocenters. The summed E-state index contributed by atoms with van der Waals surface area (Å²) in [6.07, 6.45) is 6.83. The molecule has 2 heterocycles. The Balaban J connectivity index is 1.57. The average molecular weight is 351 g/mol. The summed E-state index contributed by atoms with van der Waals surface area (Å²) in [5.74, 6) is 0.996. The van der Waals surface area contributed by atoms with Gasteiger partial charge in [0.05, 0.1) is 12.8 Å². The third-order valence-electron chi connectivity index (χ3n) is 3.67. The van der Waals surface area contributed by atoms with Crippen LogP contribution < -0.4 is 10.1 Å². The molecule has 1 aliphatic rings. The van der Waals surface area contributed by atoms with Gasteiger partial charge in [0.25, 0.3) is 0 Å². The van der Waals surface area contributed by atoms with Gasteiger partial charge in [0, 0.05) is 28.8 Å². The second kappa shape index (κ2) is 7.04. The number of ether oxygens (including phenoxy) is 1. The summed E-state index contributed by atoms with van der Waals surface area (Å²) in [6.45, 7) is 2.64. The van der Waals surface area contributed by atoms with E-state index in [0.717, 1.165) is 49.2 Å². The zero-order chi connectivity index (χ0) is 14.5. The molecule has 0 aliphatic carbocycles. The molecule has 5 nitrogen and oxygen atoms in total. The SMILES string of the molecule is Brc1ccc2c(c1)OCCCC2NCCCn1ccnn1. The topological polar surface area (TPSA) is 52.0 Å². The van der Waals surface area contributed by atoms with E-state index >= 15 is 0 Å². The molecule has 0 saturated heterocycles. The fourth-order valence-electron chi connectivity index (χ4n) is 2.63. The molecule has 1 N–H and O–H groups in total. The molecular formula is C15H19BrN4O. The van der Waals surface area contributed by atoms with Crippen LogP contribution in [0.4, 0.5) is 0 Å². The summed E-state index contributed by atoms with van der Waals surface area (Å²) in [6, 6.07) is 6.66. The molecule has 2 aromatic rings. The standard InChI is InChI=1S/C15H19BrN4O/c16-12-4-5-13-14(3-1-10-21-15(13)11-12)17-6-2-8-20-9-7-18-19-20/h4-5,7,9,11,14,17H,1-3,6,8,10H2. The summed E-state index contributed by atoms with van der Waals surface area (Å²) >= 11 is 3.51. The molecule has 112 valence electrons. The number of hydrogen-bond donors (Lipinski definition) is 1. The van der Waals surface area contributed by atoms with Crippen molar-refractivity contribution in [3.63, 3.8) is 0 Å². The predicted octanol–water partition coefficient (Wildman–Crippen LogP) is 2.93. The molecule has 0 amide bonds. The molecule has 1 atom stereocenters. The third kappa shape index (κ3) is 3.83. The van der Waals surface area contributed by atoms with Crippen LogP contribution in [0.1, 0.15) is 30.9 Å². The summed E-state index contributed by atoms with van der Waals surface area (Å²) in [5, 5.41) is 11.4. The van der Waals surface area contributed by atoms with E-state index in [-0.39, 0.29) is 0 Å². The van der Waals surface area contributed by atoms with Crippen molar-refractivity contribution in [2.24, 2.45) is 0 Å². The molecule has 6 heteroatoms. The smallest absolute Gasteiger partial charge is 0.125 e. The van der Waals surface area contributed by atoms with Crippen LogP contribution in [0.25, 0.3) is 0 Å². The quantitative estimate of drug-likeness (QED) is 0.842. The highest BCUT2D eigenvalue weighted by atomic mass is 79.9. The summed E-state index contributed by atoms with van der Waals surface area (Å²) in [5.41, 5.74) is 1.26. The Hall–Kier alpha value is -1.40. The fraction of sp³-hybridized carbons (Fsp3) is 0.467. The molecule has 1 aromatic carbocycles. The lowest BCUT2D eigenvalue weighted by Gasteiger charge is -2.18. The van der Waals surface area contributed by atoms with Gasteiger partial charge in [-0.05, 0) is 37.9 Å². The average Bonchev–Trinajstić information content (AvgIpc) is 2.92. The second-order valence-electron chi connectivity index (χ2n) is 5.20. The van der Waals surface area contributed by atoms with Gasteiger partial charge in [-0.25, -0.2) is 0 Å². The molecule has 0 fully saturated rings. The number of hydrogen-bond acceptors (Lipinski definition) is 4. The lowest BCUT2D eigenvalue weighted by molar-refractivity contribution is 0.315. The van der Waals surface area contributed by atoms with Crippen LogP contribution in [-0.2, 0) is 6.54 Å². The Labute approximate surface area is 132 Å². The number of aryl methyl sites for hydroxylation is 1. The number of fused-ring (bicyclic) bond motifs is 1. The predicted molar refractivity (Wildman–Crippen MR) is 84.3 cm³/mol. The van der Waals surface area contributed by atoms with E-state index < -0.39 is 0 Å². The summed E-state index contributed by atoms with van der Waals surface area (Å²) < 4.78 is 8.76. The molecule has 0 saturated carbocycles. The zero-order valence-electron chi connectivity index (χ0n) is 11.8. The first-order valence-corrected chi connectivity index (χ1v) is 8.12. The van der Waals surface area contributed by atoms with Crippen molar-refractivity contribution in [3.8, 4) is 5.75 Å². The number of nitrogens with one attached hydrogen (secondary N) is 1. The molecule has 0 spiro atoms. The van der Waals surface area contributed by atoms with Crippen LogP contribution in [0.2, 0.25) is 0 Å². The van der Waals surface area contributed by atoms with Gasteiger partial charge in [-0.15, -0.1) is 5.10 Å². The molecule has 0 radical (unpaired) electrons. The maximum Gasteiger partial charge on any atom is 0.125 e. The largest absolute Gasteiger partial charge is 0.493 e. The van der Waals surface area contributed by atoms with Crippen LogP contribution in [0.5, 0.6) is 5.75 Å². The van der Waals surface area contributed by atoms with E-state index in [1.165, 1.54) is 5.56 Å². The normalized spacial score (nSPS) is 17.9. The fourth-order valence-corrected chi connectivity index (χ4v) is 2.97. The molecule has 1 aliphatic heterocycles. The minimum absolute atomic E-state index is 0.367. The number of rotatable bonds is 5. The Morgan fingerprint density at radius 2 is 2.38 bits per heavy atom. The van der Waals surface area contributed by atoms with E-state index in [4.69, 9.17) is 4.74 Å². The minimum atomic E-state index is 0.367. The molecule has 3 rings (SSSR count). The van der Waals surface area contributed by atoms with E-state index in [2.05, 4.69) is 49.8 Å². The molecule has 0 bridgehead atoms. The van der Waals surface area contributed by atoms with Gasteiger partial charge in [0.1, 0.15) is 5.75 Å². The Morgan fingerprint density at radius 3 is 3.24 bits per heavy atom. The lowest BCUT2D eigenvalue weighted by atomic mass is 10.0. The first-order chi connectivity index (χ1) is 10.3. The second-order valence-corrected chi connectivity index (χ2v) is 6.11. The van der Waals surface area contributed by atoms with Crippen molar-refractivity contribution in [1.82, 2.24) is 20.3 Å². The molecule has 21 heavy (non-hydrogen) atoms. The van der Waals surface area contributed by atoms with Crippen molar-refractivity contribution in [3.05, 3.63) is 40.6 Å². The van der Waals surface area contributed by atoms with E-state index in [0.29, 0.717) is 6.04 Å². The Bertz CT molecular complexity index is 573. The van der Waals surface area contributed by atoms with Crippen molar-refractivity contribution in [1.29, 1.82) is 0 Å². The van der Waals surface area contributed by atoms with Gasteiger partial charge >= 0.3 is 0 Å². The maximum atomic E-state index is 5.83. The summed E-state index contributed by atoms with van der Waals surface area (Å²) in [7, 11) is 0. The van der Waals surface area contributed by atoms with Gasteiger partial charge < -0.3 is 10.1 Å². The van der Waals surface area contributed by atoms with E-state index in [1.54, 1.807) is 6.20 Å². The van der Waals surface area contributed by atoms with Crippen LogP contribution in [0.3, 0.4) is 0 Å². The third-order valence-corrected chi connectivity index (χ3v) is 4.17. The highest BCUT2D eigenvalue weighted by Crippen LogP contribution is 2.33. The number of nitrogens with zero attached hydrogens (tertiary/aromatic N) is 3. The molecule has 1 aromatic heterocycles. The Morgan fingerprint density at radius 1 is 1.43 bits per heavy atom. The number of benzene rings is 1. The number of aromatic nitrogens is 3. The number of halogens is 1. The van der Waals surface area contributed by atoms with Crippen LogP contribution >= 0.6 is 15.9 Å². The van der Waals surface area contributed by atoms with Crippen molar-refractivity contribution >= 4 is 15.9 Å². The highest BCUT2D eigenvalue weighted by molar-refractivity contribution is 9.10. The summed E-state index contributed by atoms with van der Waals surface area (Å²) in [4.78, 5) is 0. The van der Waals surface area contributed by atoms with E-state index in [9.17, 15) is 0 Å². The van der Waals surface area contributed by atoms with Crippen LogP contribution in [0, 0.1) is 0 Å². The van der Waals surface area contributed by atoms with E-state index in [1.807, 2.05) is 10.9 Å². The van der Waals surface area contributed by atoms with Crippen LogP contribution in [-0.4, -0.2) is 28.1 Å². The zero-order valence-corrected chi connectivity index (χ0v) is 13.4. The van der Waals surface area contributed by atoms with Crippen molar-refractivity contribution in [2.45, 2.75) is 31.8 Å². The van der Waals surface area contributed by atoms with Gasteiger partial charge in [-0.1, -0.05) is 27.2 Å². The van der Waals surface area contributed by atoms with Crippen LogP contribution in [0.15, 0.2) is 35.1 Å². The van der Waals surface area contributed by atoms with Crippen molar-refractivity contribution in [2.75, 3.05) is 13.2 Å². The molecular weight excluding hydrogens is 332 g/mol. The monoisotopic (exact) mass is 350 g/mol. The van der Waals surface area contributed by atoms with Gasteiger partial charge in [0.2, 0.25) is 0 Å². The van der Waals surface area contributed by atoms with Crippen molar-refractivity contribution < 1.29 is 4.74 Å². The Kier molecular flexibility index (Phi) is 4.87. The van der Waals surface area contributed by atoms with Gasteiger partial charge in [-0.2, -0.15) is 0 Å². The minimum Gasteiger partial charge on any atom is -0.493 e.